The number of halogens is 1. The lowest BCUT2D eigenvalue weighted by molar-refractivity contribution is 0.600. The largest absolute Gasteiger partial charge is 0.263 e. The van der Waals surface area contributed by atoms with E-state index in [1.165, 1.54) is 22.9 Å². The van der Waals surface area contributed by atoms with Gasteiger partial charge in [0.05, 0.1) is 27.9 Å². The molecular weight excluding hydrogens is 360 g/mol. The van der Waals surface area contributed by atoms with Crippen molar-refractivity contribution >= 4 is 27.4 Å². The Labute approximate surface area is 150 Å². The number of aromatic nitrogens is 2. The van der Waals surface area contributed by atoms with E-state index in [1.54, 1.807) is 43.3 Å². The first-order valence-corrected chi connectivity index (χ1v) is 9.11. The molecule has 1 aromatic heterocycles. The first kappa shape index (κ1) is 17.0. The predicted molar refractivity (Wildman–Crippen MR) is 95.3 cm³/mol. The molecule has 0 amide bonds. The van der Waals surface area contributed by atoms with Crippen LogP contribution in [0.5, 0.6) is 0 Å². The highest BCUT2D eigenvalue weighted by Crippen LogP contribution is 2.23. The first-order valence-electron chi connectivity index (χ1n) is 7.25. The molecule has 0 saturated heterocycles. The van der Waals surface area contributed by atoms with E-state index in [9.17, 15) is 8.42 Å². The van der Waals surface area contributed by atoms with Gasteiger partial charge in [-0.2, -0.15) is 10.4 Å². The Morgan fingerprint density at radius 2 is 1.92 bits per heavy atom. The fourth-order valence-corrected chi connectivity index (χ4v) is 3.57. The molecule has 0 bridgehead atoms. The maximum atomic E-state index is 12.6. The molecule has 25 heavy (non-hydrogen) atoms. The van der Waals surface area contributed by atoms with Crippen LogP contribution in [0.25, 0.3) is 5.69 Å². The van der Waals surface area contributed by atoms with Crippen LogP contribution in [0.2, 0.25) is 5.02 Å². The van der Waals surface area contributed by atoms with E-state index >= 15 is 0 Å². The second-order valence-electron chi connectivity index (χ2n) is 5.31. The van der Waals surface area contributed by atoms with E-state index in [-0.39, 0.29) is 16.3 Å². The Bertz CT molecular complexity index is 1080. The fourth-order valence-electron chi connectivity index (χ4n) is 2.31. The smallest absolute Gasteiger partial charge is 0.263 e. The number of benzene rings is 2. The number of anilines is 1. The Morgan fingerprint density at radius 1 is 1.16 bits per heavy atom. The van der Waals surface area contributed by atoms with Crippen LogP contribution in [0.4, 0.5) is 5.82 Å². The van der Waals surface area contributed by atoms with Gasteiger partial charge in [0.1, 0.15) is 5.82 Å². The molecule has 2 aromatic carbocycles. The average Bonchev–Trinajstić information content (AvgIpc) is 2.94. The van der Waals surface area contributed by atoms with Crippen LogP contribution in [-0.4, -0.2) is 18.2 Å². The van der Waals surface area contributed by atoms with E-state index in [0.29, 0.717) is 16.4 Å². The lowest BCUT2D eigenvalue weighted by Crippen LogP contribution is -2.16. The van der Waals surface area contributed by atoms with Crippen molar-refractivity contribution in [3.05, 3.63) is 70.9 Å². The molecule has 0 fully saturated rings. The summed E-state index contributed by atoms with van der Waals surface area (Å²) in [5.74, 6) is 0.280. The van der Waals surface area contributed by atoms with E-state index < -0.39 is 10.0 Å². The minimum Gasteiger partial charge on any atom is -0.263 e. The highest BCUT2D eigenvalue weighted by atomic mass is 35.5. The van der Waals surface area contributed by atoms with Gasteiger partial charge in [-0.1, -0.05) is 23.7 Å². The Morgan fingerprint density at radius 3 is 2.64 bits per heavy atom. The number of hydrogen-bond donors (Lipinski definition) is 1. The van der Waals surface area contributed by atoms with Crippen molar-refractivity contribution < 1.29 is 8.42 Å². The molecule has 0 atom stereocenters. The van der Waals surface area contributed by atoms with Crippen molar-refractivity contribution in [2.75, 3.05) is 4.72 Å². The van der Waals surface area contributed by atoms with Crippen LogP contribution in [-0.2, 0) is 10.0 Å². The standard InChI is InChI=1S/C17H13ClN4O2S/c1-12-8-17(22(20-12)15-6-3-5-14(18)10-15)21-25(23,24)16-7-2-4-13(9-16)11-19/h2-10,21H,1H3. The zero-order valence-electron chi connectivity index (χ0n) is 13.1. The molecule has 0 saturated carbocycles. The Balaban J connectivity index is 2.02. The molecule has 0 radical (unpaired) electrons. The summed E-state index contributed by atoms with van der Waals surface area (Å²) in [6.45, 7) is 1.76. The van der Waals surface area contributed by atoms with Crippen LogP contribution in [0.1, 0.15) is 11.3 Å². The zero-order chi connectivity index (χ0) is 18.0. The number of aryl methyl sites for hydroxylation is 1. The molecule has 126 valence electrons. The van der Waals surface area contributed by atoms with E-state index in [2.05, 4.69) is 9.82 Å². The second kappa shape index (κ2) is 6.59. The van der Waals surface area contributed by atoms with Crippen LogP contribution < -0.4 is 4.72 Å². The number of nitriles is 1. The van der Waals surface area contributed by atoms with E-state index in [4.69, 9.17) is 16.9 Å². The minimum atomic E-state index is -3.87. The average molecular weight is 373 g/mol. The fraction of sp³-hybridized carbons (Fsp3) is 0.0588. The molecule has 0 spiro atoms. The minimum absolute atomic E-state index is 0.00282. The molecule has 6 nitrogen and oxygen atoms in total. The second-order valence-corrected chi connectivity index (χ2v) is 7.43. The lowest BCUT2D eigenvalue weighted by Gasteiger charge is -2.11. The monoisotopic (exact) mass is 372 g/mol. The van der Waals surface area contributed by atoms with Gasteiger partial charge in [0.15, 0.2) is 0 Å². The third kappa shape index (κ3) is 3.65. The van der Waals surface area contributed by atoms with Crippen molar-refractivity contribution in [2.45, 2.75) is 11.8 Å². The summed E-state index contributed by atoms with van der Waals surface area (Å²) in [6, 6.07) is 16.3. The molecule has 3 aromatic rings. The van der Waals surface area contributed by atoms with Crippen LogP contribution >= 0.6 is 11.6 Å². The Hall–Kier alpha value is -2.82. The van der Waals surface area contributed by atoms with Crippen molar-refractivity contribution in [3.63, 3.8) is 0 Å². The topological polar surface area (TPSA) is 87.8 Å². The van der Waals surface area contributed by atoms with Crippen LogP contribution in [0.3, 0.4) is 0 Å². The van der Waals surface area contributed by atoms with E-state index in [1.807, 2.05) is 6.07 Å². The number of hydrogen-bond acceptors (Lipinski definition) is 4. The summed E-state index contributed by atoms with van der Waals surface area (Å²) >= 11 is 6.01. The van der Waals surface area contributed by atoms with Crippen molar-refractivity contribution in [1.82, 2.24) is 9.78 Å². The highest BCUT2D eigenvalue weighted by molar-refractivity contribution is 7.92. The van der Waals surface area contributed by atoms with Gasteiger partial charge in [-0.25, -0.2) is 13.1 Å². The molecule has 0 unspecified atom stereocenters. The van der Waals surface area contributed by atoms with Crippen LogP contribution in [0.15, 0.2) is 59.5 Å². The van der Waals surface area contributed by atoms with Crippen LogP contribution in [0, 0.1) is 18.3 Å². The lowest BCUT2D eigenvalue weighted by atomic mass is 10.2. The predicted octanol–water partition coefficient (Wildman–Crippen LogP) is 3.51. The normalized spacial score (nSPS) is 11.1. The summed E-state index contributed by atoms with van der Waals surface area (Å²) < 4.78 is 29.3. The van der Waals surface area contributed by atoms with Gasteiger partial charge < -0.3 is 0 Å². The van der Waals surface area contributed by atoms with Gasteiger partial charge in [-0.3, -0.25) is 4.72 Å². The van der Waals surface area contributed by atoms with Crippen molar-refractivity contribution in [2.24, 2.45) is 0 Å². The molecule has 1 heterocycles. The molecule has 1 N–H and O–H groups in total. The van der Waals surface area contributed by atoms with Gasteiger partial charge in [-0.15, -0.1) is 0 Å². The van der Waals surface area contributed by atoms with Gasteiger partial charge in [0.2, 0.25) is 0 Å². The zero-order valence-corrected chi connectivity index (χ0v) is 14.7. The first-order chi connectivity index (χ1) is 11.9. The molecular formula is C17H13ClN4O2S. The van der Waals surface area contributed by atoms with Gasteiger partial charge in [0.25, 0.3) is 10.0 Å². The quantitative estimate of drug-likeness (QED) is 0.759. The number of sulfonamides is 1. The summed E-state index contributed by atoms with van der Waals surface area (Å²) in [5, 5.41) is 13.8. The summed E-state index contributed by atoms with van der Waals surface area (Å²) in [6.07, 6.45) is 0. The number of nitrogens with one attached hydrogen (secondary N) is 1. The number of rotatable bonds is 4. The Kier molecular flexibility index (Phi) is 4.49. The summed E-state index contributed by atoms with van der Waals surface area (Å²) in [5.41, 5.74) is 1.54. The molecule has 0 aliphatic rings. The summed E-state index contributed by atoms with van der Waals surface area (Å²) in [4.78, 5) is 0.00282. The molecule has 0 aliphatic carbocycles. The molecule has 8 heteroatoms. The van der Waals surface area contributed by atoms with E-state index in [0.717, 1.165) is 0 Å². The molecule has 3 rings (SSSR count). The van der Waals surface area contributed by atoms with Crippen molar-refractivity contribution in [1.29, 1.82) is 5.26 Å². The highest BCUT2D eigenvalue weighted by Gasteiger charge is 2.18. The SMILES string of the molecule is Cc1cc(NS(=O)(=O)c2cccc(C#N)c2)n(-c2cccc(Cl)c2)n1. The van der Waals surface area contributed by atoms with Crippen molar-refractivity contribution in [3.8, 4) is 11.8 Å². The van der Waals surface area contributed by atoms with Gasteiger partial charge in [0, 0.05) is 11.1 Å². The third-order valence-corrected chi connectivity index (χ3v) is 4.98. The molecule has 0 aliphatic heterocycles. The number of nitrogens with zero attached hydrogens (tertiary/aromatic N) is 3. The van der Waals surface area contributed by atoms with Gasteiger partial charge in [-0.05, 0) is 43.3 Å². The third-order valence-electron chi connectivity index (χ3n) is 3.40. The maximum Gasteiger partial charge on any atom is 0.263 e. The summed E-state index contributed by atoms with van der Waals surface area (Å²) in [7, 11) is -3.87. The maximum absolute atomic E-state index is 12.6. The van der Waals surface area contributed by atoms with Gasteiger partial charge >= 0.3 is 0 Å².